The molecule has 1 aromatic heterocycles. The van der Waals surface area contributed by atoms with E-state index in [4.69, 9.17) is 4.74 Å². The molecule has 1 heterocycles. The Hall–Kier alpha value is -1.63. The molecule has 0 radical (unpaired) electrons. The van der Waals surface area contributed by atoms with Gasteiger partial charge in [-0.1, -0.05) is 6.92 Å². The second kappa shape index (κ2) is 6.21. The molecule has 1 unspecified atom stereocenters. The van der Waals surface area contributed by atoms with Gasteiger partial charge in [-0.05, 0) is 34.1 Å². The number of aromatic nitrogens is 1. The van der Waals surface area contributed by atoms with Crippen LogP contribution < -0.4 is 4.90 Å². The summed E-state index contributed by atoms with van der Waals surface area (Å²) in [4.78, 5) is 28.9. The summed E-state index contributed by atoms with van der Waals surface area (Å²) in [6.07, 6.45) is -0.422. The summed E-state index contributed by atoms with van der Waals surface area (Å²) in [6.45, 7) is 8.69. The quantitative estimate of drug-likeness (QED) is 0.924. The van der Waals surface area contributed by atoms with Gasteiger partial charge in [0.1, 0.15) is 11.6 Å². The van der Waals surface area contributed by atoms with Gasteiger partial charge < -0.3 is 9.84 Å². The lowest BCUT2D eigenvalue weighted by atomic mass is 10.2. The SMILES string of the molecule is CCC(C(=O)O)N(C(=O)OC(C)(C)C)c1nc(C)cs1. The van der Waals surface area contributed by atoms with E-state index in [-0.39, 0.29) is 6.42 Å². The lowest BCUT2D eigenvalue weighted by molar-refractivity contribution is -0.138. The van der Waals surface area contributed by atoms with E-state index in [1.165, 1.54) is 11.3 Å². The highest BCUT2D eigenvalue weighted by Gasteiger charge is 2.34. The molecule has 0 aromatic carbocycles. The van der Waals surface area contributed by atoms with Crippen molar-refractivity contribution in [3.8, 4) is 0 Å². The van der Waals surface area contributed by atoms with Crippen LogP contribution in [-0.2, 0) is 9.53 Å². The summed E-state index contributed by atoms with van der Waals surface area (Å²) >= 11 is 1.22. The van der Waals surface area contributed by atoms with Crippen LogP contribution in [0, 0.1) is 6.92 Å². The number of aliphatic carboxylic acids is 1. The van der Waals surface area contributed by atoms with Crippen molar-refractivity contribution in [2.75, 3.05) is 4.90 Å². The standard InChI is InChI=1S/C13H20N2O4S/c1-6-9(10(16)17)15(11-14-8(2)7-20-11)12(18)19-13(3,4)5/h7,9H,6H2,1-5H3,(H,16,17). The maximum absolute atomic E-state index is 12.3. The van der Waals surface area contributed by atoms with E-state index in [0.717, 1.165) is 10.6 Å². The molecule has 1 N–H and O–H groups in total. The first-order chi connectivity index (χ1) is 9.15. The largest absolute Gasteiger partial charge is 0.480 e. The van der Waals surface area contributed by atoms with Gasteiger partial charge in [0.15, 0.2) is 5.13 Å². The number of carboxylic acids is 1. The number of rotatable bonds is 4. The van der Waals surface area contributed by atoms with E-state index < -0.39 is 23.7 Å². The first kappa shape index (κ1) is 16.4. The molecule has 0 bridgehead atoms. The van der Waals surface area contributed by atoms with E-state index in [2.05, 4.69) is 4.98 Å². The topological polar surface area (TPSA) is 79.7 Å². The van der Waals surface area contributed by atoms with Crippen LogP contribution in [0.2, 0.25) is 0 Å². The molecule has 1 aromatic rings. The van der Waals surface area contributed by atoms with Crippen molar-refractivity contribution < 1.29 is 19.4 Å². The number of carbonyl (C=O) groups excluding carboxylic acids is 1. The first-order valence-corrected chi connectivity index (χ1v) is 7.20. The molecule has 0 fully saturated rings. The van der Waals surface area contributed by atoms with Crippen LogP contribution in [0.1, 0.15) is 39.8 Å². The van der Waals surface area contributed by atoms with Crippen molar-refractivity contribution in [2.45, 2.75) is 52.7 Å². The fraction of sp³-hybridized carbons (Fsp3) is 0.615. The number of carboxylic acid groups (broad SMARTS) is 1. The van der Waals surface area contributed by atoms with Crippen molar-refractivity contribution in [3.05, 3.63) is 11.1 Å². The molecule has 1 amide bonds. The average molecular weight is 300 g/mol. The van der Waals surface area contributed by atoms with Gasteiger partial charge in [0.25, 0.3) is 0 Å². The highest BCUT2D eigenvalue weighted by Crippen LogP contribution is 2.26. The fourth-order valence-electron chi connectivity index (χ4n) is 1.57. The number of hydrogen-bond donors (Lipinski definition) is 1. The molecule has 0 saturated carbocycles. The molecule has 112 valence electrons. The molecular formula is C13H20N2O4S. The van der Waals surface area contributed by atoms with E-state index in [1.807, 2.05) is 0 Å². The summed E-state index contributed by atoms with van der Waals surface area (Å²) in [5.74, 6) is -1.08. The molecule has 1 atom stereocenters. The predicted molar refractivity (Wildman–Crippen MR) is 77.3 cm³/mol. The Morgan fingerprint density at radius 1 is 1.50 bits per heavy atom. The normalized spacial score (nSPS) is 12.8. The third kappa shape index (κ3) is 4.19. The molecule has 1 rings (SSSR count). The van der Waals surface area contributed by atoms with Crippen LogP contribution in [0.3, 0.4) is 0 Å². The van der Waals surface area contributed by atoms with Crippen LogP contribution in [0.25, 0.3) is 0 Å². The maximum Gasteiger partial charge on any atom is 0.417 e. The van der Waals surface area contributed by atoms with Crippen molar-refractivity contribution in [1.29, 1.82) is 0 Å². The Balaban J connectivity index is 3.13. The monoisotopic (exact) mass is 300 g/mol. The second-order valence-electron chi connectivity index (χ2n) is 5.38. The molecule has 0 spiro atoms. The predicted octanol–water partition coefficient (Wildman–Crippen LogP) is 3.06. The minimum absolute atomic E-state index is 0.271. The highest BCUT2D eigenvalue weighted by atomic mass is 32.1. The summed E-state index contributed by atoms with van der Waals surface area (Å²) in [5, 5.41) is 11.4. The van der Waals surface area contributed by atoms with E-state index in [9.17, 15) is 14.7 Å². The number of hydrogen-bond acceptors (Lipinski definition) is 5. The van der Waals surface area contributed by atoms with Gasteiger partial charge >= 0.3 is 12.1 Å². The zero-order valence-corrected chi connectivity index (χ0v) is 13.2. The fourth-order valence-corrected chi connectivity index (χ4v) is 2.41. The summed E-state index contributed by atoms with van der Waals surface area (Å²) < 4.78 is 5.29. The van der Waals surface area contributed by atoms with Crippen LogP contribution in [0.15, 0.2) is 5.38 Å². The summed E-state index contributed by atoms with van der Waals surface area (Å²) in [5.41, 5.74) is 0.0390. The van der Waals surface area contributed by atoms with Gasteiger partial charge in [0.05, 0.1) is 5.69 Å². The lowest BCUT2D eigenvalue weighted by Gasteiger charge is -2.29. The molecule has 0 aliphatic carbocycles. The number of amides is 1. The summed E-state index contributed by atoms with van der Waals surface area (Å²) in [6, 6.07) is -0.990. The van der Waals surface area contributed by atoms with Crippen molar-refractivity contribution in [2.24, 2.45) is 0 Å². The van der Waals surface area contributed by atoms with Crippen LogP contribution in [-0.4, -0.2) is 33.8 Å². The molecule has 0 aliphatic heterocycles. The summed E-state index contributed by atoms with van der Waals surface area (Å²) in [7, 11) is 0. The number of anilines is 1. The Morgan fingerprint density at radius 2 is 2.10 bits per heavy atom. The Labute approximate surface area is 122 Å². The molecule has 0 aliphatic rings. The van der Waals surface area contributed by atoms with Crippen molar-refractivity contribution in [3.63, 3.8) is 0 Å². The number of aryl methyl sites for hydroxylation is 1. The minimum Gasteiger partial charge on any atom is -0.480 e. The van der Waals surface area contributed by atoms with Gasteiger partial charge in [-0.2, -0.15) is 0 Å². The van der Waals surface area contributed by atoms with E-state index >= 15 is 0 Å². The Morgan fingerprint density at radius 3 is 2.45 bits per heavy atom. The molecule has 0 saturated heterocycles. The van der Waals surface area contributed by atoms with E-state index in [1.54, 1.807) is 40.0 Å². The zero-order valence-electron chi connectivity index (χ0n) is 12.3. The molecule has 6 nitrogen and oxygen atoms in total. The lowest BCUT2D eigenvalue weighted by Crippen LogP contribution is -2.47. The number of carbonyl (C=O) groups is 2. The van der Waals surface area contributed by atoms with Crippen molar-refractivity contribution >= 4 is 28.5 Å². The Kier molecular flexibility index (Phi) is 5.10. The van der Waals surface area contributed by atoms with Gasteiger partial charge in [0, 0.05) is 5.38 Å². The average Bonchev–Trinajstić information content (AvgIpc) is 2.68. The van der Waals surface area contributed by atoms with E-state index in [0.29, 0.717) is 5.13 Å². The number of thiazole rings is 1. The van der Waals surface area contributed by atoms with Crippen LogP contribution in [0.4, 0.5) is 9.93 Å². The number of ether oxygens (including phenoxy) is 1. The van der Waals surface area contributed by atoms with Gasteiger partial charge in [-0.3, -0.25) is 0 Å². The first-order valence-electron chi connectivity index (χ1n) is 6.33. The maximum atomic E-state index is 12.3. The van der Waals surface area contributed by atoms with Crippen molar-refractivity contribution in [1.82, 2.24) is 4.98 Å². The Bertz CT molecular complexity index is 493. The van der Waals surface area contributed by atoms with Gasteiger partial charge in [-0.25, -0.2) is 19.5 Å². The van der Waals surface area contributed by atoms with Gasteiger partial charge in [-0.15, -0.1) is 11.3 Å². The molecule has 7 heteroatoms. The number of nitrogens with zero attached hydrogens (tertiary/aromatic N) is 2. The molecule has 20 heavy (non-hydrogen) atoms. The minimum atomic E-state index is -1.08. The third-order valence-electron chi connectivity index (χ3n) is 2.39. The third-order valence-corrected chi connectivity index (χ3v) is 3.34. The second-order valence-corrected chi connectivity index (χ2v) is 6.22. The highest BCUT2D eigenvalue weighted by molar-refractivity contribution is 7.14. The van der Waals surface area contributed by atoms with Gasteiger partial charge in [0.2, 0.25) is 0 Å². The zero-order chi connectivity index (χ0) is 15.5. The smallest absolute Gasteiger partial charge is 0.417 e. The molecular weight excluding hydrogens is 280 g/mol. The van der Waals surface area contributed by atoms with Crippen LogP contribution in [0.5, 0.6) is 0 Å². The van der Waals surface area contributed by atoms with Crippen LogP contribution >= 0.6 is 11.3 Å².